The van der Waals surface area contributed by atoms with Gasteiger partial charge in [0.2, 0.25) is 0 Å². The third-order valence-electron chi connectivity index (χ3n) is 1.57. The molecule has 2 atom stereocenters. The highest BCUT2D eigenvalue weighted by Crippen LogP contribution is 2.22. The largest absolute Gasteiger partial charge is 0.0774 e. The Morgan fingerprint density at radius 3 is 2.67 bits per heavy atom. The first-order valence-corrected chi connectivity index (χ1v) is 4.45. The van der Waals surface area contributed by atoms with E-state index in [1.165, 1.54) is 5.57 Å². The van der Waals surface area contributed by atoms with Gasteiger partial charge in [-0.1, -0.05) is 53.3 Å². The van der Waals surface area contributed by atoms with E-state index in [9.17, 15) is 0 Å². The molecule has 0 fully saturated rings. The van der Waals surface area contributed by atoms with Crippen molar-refractivity contribution in [2.75, 3.05) is 0 Å². The molecule has 50 valence electrons. The summed E-state index contributed by atoms with van der Waals surface area (Å²) >= 11 is 2.46. The predicted octanol–water partition coefficient (Wildman–Crippen LogP) is 2.94. The molecule has 2 unspecified atom stereocenters. The lowest BCUT2D eigenvalue weighted by Crippen LogP contribution is -2.08. The quantitative estimate of drug-likeness (QED) is 0.446. The lowest BCUT2D eigenvalue weighted by atomic mass is 9.99. The van der Waals surface area contributed by atoms with E-state index in [2.05, 4.69) is 54.7 Å². The van der Waals surface area contributed by atoms with Gasteiger partial charge >= 0.3 is 0 Å². The van der Waals surface area contributed by atoms with Crippen LogP contribution in [-0.2, 0) is 0 Å². The molecule has 0 saturated carbocycles. The molecule has 1 aliphatic carbocycles. The predicted molar refractivity (Wildman–Crippen MR) is 49.9 cm³/mol. The maximum absolute atomic E-state index is 2.46. The highest BCUT2D eigenvalue weighted by Gasteiger charge is 2.10. The molecule has 0 amide bonds. The van der Waals surface area contributed by atoms with Crippen molar-refractivity contribution in [3.8, 4) is 0 Å². The van der Waals surface area contributed by atoms with E-state index in [0.717, 1.165) is 5.92 Å². The Bertz CT molecular complexity index is 156. The Kier molecular flexibility index (Phi) is 2.33. The van der Waals surface area contributed by atoms with E-state index in [0.29, 0.717) is 3.92 Å². The van der Waals surface area contributed by atoms with Crippen molar-refractivity contribution in [1.29, 1.82) is 0 Å². The van der Waals surface area contributed by atoms with Crippen LogP contribution in [0.1, 0.15) is 13.8 Å². The SMILES string of the molecule is CC1=CC(C)C(I)C=C1. The van der Waals surface area contributed by atoms with Gasteiger partial charge in [-0.2, -0.15) is 0 Å². The molecule has 0 aromatic heterocycles. The fraction of sp³-hybridized carbons (Fsp3) is 0.500. The van der Waals surface area contributed by atoms with Gasteiger partial charge in [0.25, 0.3) is 0 Å². The van der Waals surface area contributed by atoms with Crippen LogP contribution in [0.4, 0.5) is 0 Å². The molecule has 9 heavy (non-hydrogen) atoms. The fourth-order valence-electron chi connectivity index (χ4n) is 0.981. The minimum Gasteiger partial charge on any atom is -0.0774 e. The van der Waals surface area contributed by atoms with Crippen LogP contribution < -0.4 is 0 Å². The molecule has 0 radical (unpaired) electrons. The Labute approximate surface area is 70.2 Å². The monoisotopic (exact) mass is 234 g/mol. The molecule has 1 aliphatic rings. The molecule has 1 rings (SSSR count). The Morgan fingerprint density at radius 2 is 2.22 bits per heavy atom. The maximum atomic E-state index is 2.46. The average molecular weight is 234 g/mol. The summed E-state index contributed by atoms with van der Waals surface area (Å²) in [5, 5.41) is 0. The van der Waals surface area contributed by atoms with Gasteiger partial charge < -0.3 is 0 Å². The number of halogens is 1. The summed E-state index contributed by atoms with van der Waals surface area (Å²) in [6, 6.07) is 0. The maximum Gasteiger partial charge on any atom is 0.0352 e. The number of hydrogen-bond acceptors (Lipinski definition) is 0. The van der Waals surface area contributed by atoms with Crippen molar-refractivity contribution in [3.63, 3.8) is 0 Å². The van der Waals surface area contributed by atoms with Crippen molar-refractivity contribution in [1.82, 2.24) is 0 Å². The highest BCUT2D eigenvalue weighted by molar-refractivity contribution is 14.1. The molecule has 0 aromatic carbocycles. The number of allylic oxidation sites excluding steroid dienone is 4. The van der Waals surface area contributed by atoms with E-state index in [4.69, 9.17) is 0 Å². The lowest BCUT2D eigenvalue weighted by Gasteiger charge is -2.15. The summed E-state index contributed by atoms with van der Waals surface area (Å²) in [4.78, 5) is 0. The molecule has 0 nitrogen and oxygen atoms in total. The third kappa shape index (κ3) is 1.81. The molecule has 0 aromatic rings. The van der Waals surface area contributed by atoms with Gasteiger partial charge in [-0.05, 0) is 12.8 Å². The smallest absolute Gasteiger partial charge is 0.0352 e. The average Bonchev–Trinajstić information content (AvgIpc) is 1.80. The van der Waals surface area contributed by atoms with Gasteiger partial charge in [-0.15, -0.1) is 0 Å². The Hall–Kier alpha value is 0.210. The zero-order chi connectivity index (χ0) is 6.85. The van der Waals surface area contributed by atoms with Crippen molar-refractivity contribution < 1.29 is 0 Å². The van der Waals surface area contributed by atoms with Crippen LogP contribution in [0.25, 0.3) is 0 Å². The summed E-state index contributed by atoms with van der Waals surface area (Å²) in [6.07, 6.45) is 6.77. The summed E-state index contributed by atoms with van der Waals surface area (Å²) in [7, 11) is 0. The van der Waals surface area contributed by atoms with Crippen LogP contribution in [0.5, 0.6) is 0 Å². The second-order valence-electron chi connectivity index (χ2n) is 2.57. The molecular weight excluding hydrogens is 223 g/mol. The van der Waals surface area contributed by atoms with Crippen LogP contribution >= 0.6 is 22.6 Å². The first kappa shape index (κ1) is 7.32. The van der Waals surface area contributed by atoms with Crippen molar-refractivity contribution in [2.24, 2.45) is 5.92 Å². The van der Waals surface area contributed by atoms with Crippen LogP contribution in [0.2, 0.25) is 0 Å². The van der Waals surface area contributed by atoms with E-state index in [1.54, 1.807) is 0 Å². The van der Waals surface area contributed by atoms with E-state index in [-0.39, 0.29) is 0 Å². The molecule has 0 aliphatic heterocycles. The van der Waals surface area contributed by atoms with Gasteiger partial charge in [0.1, 0.15) is 0 Å². The second kappa shape index (κ2) is 2.86. The topological polar surface area (TPSA) is 0 Å². The second-order valence-corrected chi connectivity index (χ2v) is 4.01. The minimum absolute atomic E-state index is 0.700. The highest BCUT2D eigenvalue weighted by atomic mass is 127. The van der Waals surface area contributed by atoms with Crippen LogP contribution in [0.3, 0.4) is 0 Å². The molecule has 0 bridgehead atoms. The zero-order valence-corrected chi connectivity index (χ0v) is 7.92. The normalized spacial score (nSPS) is 34.3. The summed E-state index contributed by atoms with van der Waals surface area (Å²) in [5.41, 5.74) is 1.40. The molecule has 1 heteroatoms. The number of alkyl halides is 1. The van der Waals surface area contributed by atoms with Gasteiger partial charge in [-0.3, -0.25) is 0 Å². The summed E-state index contributed by atoms with van der Waals surface area (Å²) in [5.74, 6) is 0.718. The summed E-state index contributed by atoms with van der Waals surface area (Å²) < 4.78 is 0.700. The van der Waals surface area contributed by atoms with E-state index >= 15 is 0 Å². The minimum atomic E-state index is 0.700. The first-order valence-electron chi connectivity index (χ1n) is 3.21. The standard InChI is InChI=1S/C8H11I/c1-6-3-4-8(9)7(2)5-6/h3-5,7-8H,1-2H3. The zero-order valence-electron chi connectivity index (χ0n) is 5.76. The Balaban J connectivity index is 2.70. The first-order chi connectivity index (χ1) is 4.20. The van der Waals surface area contributed by atoms with Gasteiger partial charge in [-0.25, -0.2) is 0 Å². The van der Waals surface area contributed by atoms with Crippen LogP contribution in [-0.4, -0.2) is 3.92 Å². The van der Waals surface area contributed by atoms with Gasteiger partial charge in [0.15, 0.2) is 0 Å². The fourth-order valence-corrected chi connectivity index (χ4v) is 1.40. The van der Waals surface area contributed by atoms with E-state index in [1.807, 2.05) is 0 Å². The van der Waals surface area contributed by atoms with Crippen molar-refractivity contribution in [3.05, 3.63) is 23.8 Å². The molecule has 0 saturated heterocycles. The number of rotatable bonds is 0. The lowest BCUT2D eigenvalue weighted by molar-refractivity contribution is 0.764. The molecule has 0 spiro atoms. The van der Waals surface area contributed by atoms with Crippen LogP contribution in [0, 0.1) is 5.92 Å². The van der Waals surface area contributed by atoms with Crippen LogP contribution in [0.15, 0.2) is 23.8 Å². The third-order valence-corrected chi connectivity index (χ3v) is 3.12. The summed E-state index contributed by atoms with van der Waals surface area (Å²) in [6.45, 7) is 4.40. The molecule has 0 N–H and O–H groups in total. The Morgan fingerprint density at radius 1 is 1.56 bits per heavy atom. The number of hydrogen-bond donors (Lipinski definition) is 0. The molecular formula is C8H11I. The van der Waals surface area contributed by atoms with Crippen molar-refractivity contribution in [2.45, 2.75) is 17.8 Å². The van der Waals surface area contributed by atoms with Gasteiger partial charge in [0, 0.05) is 3.92 Å². The van der Waals surface area contributed by atoms with E-state index < -0.39 is 0 Å². The van der Waals surface area contributed by atoms with Gasteiger partial charge in [0.05, 0.1) is 0 Å². The molecule has 0 heterocycles. The van der Waals surface area contributed by atoms with Crippen molar-refractivity contribution >= 4 is 22.6 Å².